The van der Waals surface area contributed by atoms with Crippen LogP contribution in [0.4, 0.5) is 0 Å². The summed E-state index contributed by atoms with van der Waals surface area (Å²) in [7, 11) is -0.188. The van der Waals surface area contributed by atoms with Crippen molar-refractivity contribution < 1.29 is 28.3 Å². The summed E-state index contributed by atoms with van der Waals surface area (Å²) in [6.07, 6.45) is 3.53. The van der Waals surface area contributed by atoms with E-state index in [0.717, 1.165) is 42.4 Å². The summed E-state index contributed by atoms with van der Waals surface area (Å²) in [6, 6.07) is 4.25. The van der Waals surface area contributed by atoms with Crippen molar-refractivity contribution in [3.63, 3.8) is 0 Å². The maximum atomic E-state index is 13.2. The maximum Gasteiger partial charge on any atom is 0.461 e. The van der Waals surface area contributed by atoms with Crippen molar-refractivity contribution in [1.29, 1.82) is 0 Å². The molecule has 1 aromatic rings. The fourth-order valence-electron chi connectivity index (χ4n) is 7.59. The number of rotatable bonds is 5. The van der Waals surface area contributed by atoms with Gasteiger partial charge in [0, 0.05) is 35.7 Å². The van der Waals surface area contributed by atoms with Crippen LogP contribution in [0.25, 0.3) is 0 Å². The number of esters is 1. The summed E-state index contributed by atoms with van der Waals surface area (Å²) in [6.45, 7) is 14.4. The highest BCUT2D eigenvalue weighted by atomic mass is 32.2. The molecule has 3 heterocycles. The van der Waals surface area contributed by atoms with Gasteiger partial charge in [0.05, 0.1) is 24.9 Å². The summed E-state index contributed by atoms with van der Waals surface area (Å²) in [5, 5.41) is 0.352. The highest BCUT2D eigenvalue weighted by Crippen LogP contribution is 2.68. The summed E-state index contributed by atoms with van der Waals surface area (Å²) in [5.74, 6) is 1.75. The quantitative estimate of drug-likeness (QED) is 0.286. The molecule has 3 aliphatic heterocycles. The second-order valence-electron chi connectivity index (χ2n) is 13.2. The molecule has 0 N–H and O–H groups in total. The Morgan fingerprint density at radius 2 is 1.83 bits per heavy atom. The molecule has 36 heavy (non-hydrogen) atoms. The molecule has 2 saturated heterocycles. The normalized spacial score (nSPS) is 40.2. The second-order valence-corrected chi connectivity index (χ2v) is 14.6. The number of hydrogen-bond acceptors (Lipinski definition) is 7. The van der Waals surface area contributed by atoms with Gasteiger partial charge in [0.15, 0.2) is 0 Å². The van der Waals surface area contributed by atoms with Gasteiger partial charge in [0.1, 0.15) is 11.3 Å². The van der Waals surface area contributed by atoms with Gasteiger partial charge >= 0.3 is 13.1 Å². The Kier molecular flexibility index (Phi) is 5.09. The molecule has 7 aliphatic rings. The van der Waals surface area contributed by atoms with Crippen LogP contribution in [0.2, 0.25) is 5.82 Å². The van der Waals surface area contributed by atoms with Gasteiger partial charge < -0.3 is 23.5 Å². The van der Waals surface area contributed by atoms with E-state index in [1.165, 1.54) is 6.42 Å². The first-order valence-corrected chi connectivity index (χ1v) is 14.5. The zero-order chi connectivity index (χ0) is 25.2. The van der Waals surface area contributed by atoms with Crippen molar-refractivity contribution >= 4 is 24.8 Å². The fourth-order valence-corrected chi connectivity index (χ4v) is 8.78. The van der Waals surface area contributed by atoms with Gasteiger partial charge in [-0.25, -0.2) is 4.79 Å². The van der Waals surface area contributed by atoms with Crippen molar-refractivity contribution in [1.82, 2.24) is 0 Å². The third-order valence-corrected chi connectivity index (χ3v) is 11.6. The summed E-state index contributed by atoms with van der Waals surface area (Å²) >= 11 is 1.72. The average Bonchev–Trinajstić information content (AvgIpc) is 3.44. The number of ether oxygens (including phenoxy) is 3. The third-order valence-electron chi connectivity index (χ3n) is 10.2. The minimum absolute atomic E-state index is 0.188. The minimum atomic E-state index is -0.991. The number of benzene rings is 1. The Balaban J connectivity index is 1.15. The van der Waals surface area contributed by atoms with Gasteiger partial charge in [0.2, 0.25) is 5.79 Å². The molecule has 1 aromatic carbocycles. The summed E-state index contributed by atoms with van der Waals surface area (Å²) in [4.78, 5) is 14.1. The lowest BCUT2D eigenvalue weighted by Gasteiger charge is -2.64. The molecule has 6 fully saturated rings. The van der Waals surface area contributed by atoms with E-state index in [-0.39, 0.29) is 36.5 Å². The Morgan fingerprint density at radius 3 is 2.53 bits per heavy atom. The van der Waals surface area contributed by atoms with Gasteiger partial charge in [-0.05, 0) is 61.0 Å². The molecule has 194 valence electrons. The molecule has 0 unspecified atom stereocenters. The van der Waals surface area contributed by atoms with Gasteiger partial charge in [-0.1, -0.05) is 26.8 Å². The van der Waals surface area contributed by atoms with Gasteiger partial charge in [-0.3, -0.25) is 0 Å². The Labute approximate surface area is 218 Å². The first-order chi connectivity index (χ1) is 17.0. The first kappa shape index (κ1) is 23.9. The zero-order valence-corrected chi connectivity index (χ0v) is 23.0. The van der Waals surface area contributed by atoms with Crippen LogP contribution in [-0.2, 0) is 18.8 Å². The van der Waals surface area contributed by atoms with Crippen molar-refractivity contribution in [2.45, 2.75) is 100 Å². The highest BCUT2D eigenvalue weighted by Gasteiger charge is 2.70. The largest absolute Gasteiger partial charge is 0.461 e. The lowest BCUT2D eigenvalue weighted by molar-refractivity contribution is -0.199. The number of cyclic esters (lactones) is 1. The van der Waals surface area contributed by atoms with Crippen LogP contribution < -0.4 is 4.74 Å². The monoisotopic (exact) mass is 512 g/mol. The summed E-state index contributed by atoms with van der Waals surface area (Å²) < 4.78 is 30.8. The van der Waals surface area contributed by atoms with Crippen LogP contribution in [-0.4, -0.2) is 49.0 Å². The van der Waals surface area contributed by atoms with Crippen LogP contribution in [0.5, 0.6) is 5.75 Å². The van der Waals surface area contributed by atoms with Crippen molar-refractivity contribution in [3.8, 4) is 5.75 Å². The molecular formula is C28H37BO6S. The standard InChI is InChI=1S/C28H37BO6S/c1-14(15-12-31-13-15)36-20-8-7-17(24-23(20)25(30)33-27(4,5)32-24)18-11-19(18)29-34-22-10-16-9-21(26(16,2)3)28(22,6)35-29/h7-8,14-16,18-19,21-22H,9-13H2,1-6H3/t14-,16+,18-,19-,21+,22-,28-/m0/s1. The van der Waals surface area contributed by atoms with E-state index in [1.54, 1.807) is 25.6 Å². The van der Waals surface area contributed by atoms with Crippen LogP contribution in [0, 0.1) is 23.2 Å². The lowest BCUT2D eigenvalue weighted by atomic mass is 9.43. The molecule has 8 heteroatoms. The van der Waals surface area contributed by atoms with Crippen LogP contribution in [0.1, 0.15) is 82.6 Å². The highest BCUT2D eigenvalue weighted by molar-refractivity contribution is 8.00. The van der Waals surface area contributed by atoms with E-state index in [9.17, 15) is 4.79 Å². The van der Waals surface area contributed by atoms with E-state index in [4.69, 9.17) is 23.5 Å². The van der Waals surface area contributed by atoms with E-state index >= 15 is 0 Å². The number of carbonyl (C=O) groups excluding carboxylic acids is 1. The number of carbonyl (C=O) groups is 1. The number of thioether (sulfide) groups is 1. The molecule has 0 aromatic heterocycles. The predicted octanol–water partition coefficient (Wildman–Crippen LogP) is 5.68. The van der Waals surface area contributed by atoms with Crippen molar-refractivity contribution in [2.75, 3.05) is 13.2 Å². The van der Waals surface area contributed by atoms with E-state index in [1.807, 2.05) is 0 Å². The molecule has 4 saturated carbocycles. The zero-order valence-electron chi connectivity index (χ0n) is 22.2. The van der Waals surface area contributed by atoms with Crippen molar-refractivity contribution in [2.24, 2.45) is 23.2 Å². The van der Waals surface area contributed by atoms with Crippen molar-refractivity contribution in [3.05, 3.63) is 23.3 Å². The van der Waals surface area contributed by atoms with Crippen LogP contribution >= 0.6 is 11.8 Å². The fraction of sp³-hybridized carbons (Fsp3) is 0.750. The molecule has 8 rings (SSSR count). The Morgan fingerprint density at radius 1 is 1.06 bits per heavy atom. The predicted molar refractivity (Wildman–Crippen MR) is 137 cm³/mol. The number of hydrogen-bond donors (Lipinski definition) is 0. The first-order valence-electron chi connectivity index (χ1n) is 13.6. The maximum absolute atomic E-state index is 13.2. The average molecular weight is 512 g/mol. The van der Waals surface area contributed by atoms with E-state index < -0.39 is 5.79 Å². The molecule has 0 amide bonds. The van der Waals surface area contributed by atoms with Crippen LogP contribution in [0.15, 0.2) is 17.0 Å². The Hall–Kier alpha value is -1.22. The van der Waals surface area contributed by atoms with Gasteiger partial charge in [-0.2, -0.15) is 0 Å². The van der Waals surface area contributed by atoms with Crippen LogP contribution in [0.3, 0.4) is 0 Å². The molecule has 2 bridgehead atoms. The van der Waals surface area contributed by atoms with Gasteiger partial charge in [-0.15, -0.1) is 11.8 Å². The van der Waals surface area contributed by atoms with Gasteiger partial charge in [0.25, 0.3) is 0 Å². The smallest absolute Gasteiger partial charge is 0.452 e. The molecule has 0 radical (unpaired) electrons. The molecule has 7 atom stereocenters. The minimum Gasteiger partial charge on any atom is -0.452 e. The lowest BCUT2D eigenvalue weighted by Crippen LogP contribution is -2.65. The van der Waals surface area contributed by atoms with E-state index in [0.29, 0.717) is 33.8 Å². The molecular weight excluding hydrogens is 475 g/mol. The molecule has 0 spiro atoms. The number of fused-ring (bicyclic) bond motifs is 1. The third kappa shape index (κ3) is 3.39. The Bertz CT molecular complexity index is 1120. The SMILES string of the molecule is C[C@H](Sc1ccc([C@@H]2C[C@@H]2B2O[C@H]3C[C@H]4C[C@H](C4(C)C)[C@]3(C)O2)c2c1C(=O)OC(C)(C)O2)C1COC1. The molecule has 6 nitrogen and oxygen atoms in total. The summed E-state index contributed by atoms with van der Waals surface area (Å²) in [5.41, 5.74) is 1.80. The molecule has 4 aliphatic carbocycles. The second kappa shape index (κ2) is 7.68. The van der Waals surface area contributed by atoms with E-state index in [2.05, 4.69) is 39.8 Å². The topological polar surface area (TPSA) is 63.2 Å².